The maximum absolute atomic E-state index is 6.38. The fourth-order valence-electron chi connectivity index (χ4n) is 3.35. The van der Waals surface area contributed by atoms with Crippen LogP contribution < -0.4 is 4.74 Å². The number of methoxy groups -OCH3 is 1. The zero-order valence-electron chi connectivity index (χ0n) is 17.2. The van der Waals surface area contributed by atoms with Gasteiger partial charge >= 0.3 is 7.12 Å². The Bertz CT molecular complexity index is 791. The van der Waals surface area contributed by atoms with E-state index in [1.165, 1.54) is 5.57 Å². The smallest absolute Gasteiger partial charge is 0.491 e. The Labute approximate surface area is 163 Å². The van der Waals surface area contributed by atoms with Gasteiger partial charge in [-0.2, -0.15) is 0 Å². The largest absolute Gasteiger partial charge is 0.497 e. The molecule has 1 heterocycles. The van der Waals surface area contributed by atoms with E-state index in [0.29, 0.717) is 0 Å². The highest BCUT2D eigenvalue weighted by molar-refractivity contribution is 6.56. The number of rotatable bonds is 5. The van der Waals surface area contributed by atoms with Crippen LogP contribution in [-0.2, 0) is 9.31 Å². The van der Waals surface area contributed by atoms with Crippen molar-refractivity contribution in [3.8, 4) is 5.75 Å². The van der Waals surface area contributed by atoms with Gasteiger partial charge in [0.1, 0.15) is 5.75 Å². The van der Waals surface area contributed by atoms with E-state index in [-0.39, 0.29) is 18.3 Å². The van der Waals surface area contributed by atoms with Crippen molar-refractivity contribution in [2.24, 2.45) is 0 Å². The van der Waals surface area contributed by atoms with Crippen LogP contribution in [0.3, 0.4) is 0 Å². The lowest BCUT2D eigenvalue weighted by Gasteiger charge is -2.32. The molecular formula is C23H29BO3. The highest BCUT2D eigenvalue weighted by Crippen LogP contribution is 2.41. The van der Waals surface area contributed by atoms with Crippen molar-refractivity contribution in [2.75, 3.05) is 7.11 Å². The van der Waals surface area contributed by atoms with Crippen molar-refractivity contribution in [1.29, 1.82) is 0 Å². The Morgan fingerprint density at radius 3 is 1.85 bits per heavy atom. The molecular weight excluding hydrogens is 335 g/mol. The molecule has 4 heteroatoms. The molecule has 1 aliphatic heterocycles. The van der Waals surface area contributed by atoms with Crippen molar-refractivity contribution >= 4 is 12.7 Å². The molecule has 3 nitrogen and oxygen atoms in total. The van der Waals surface area contributed by atoms with E-state index in [0.717, 1.165) is 28.8 Å². The van der Waals surface area contributed by atoms with Gasteiger partial charge in [-0.1, -0.05) is 49.4 Å². The maximum atomic E-state index is 6.38. The summed E-state index contributed by atoms with van der Waals surface area (Å²) in [5.74, 6) is 0.847. The van der Waals surface area contributed by atoms with Gasteiger partial charge in [-0.25, -0.2) is 0 Å². The lowest BCUT2D eigenvalue weighted by Crippen LogP contribution is -2.41. The summed E-state index contributed by atoms with van der Waals surface area (Å²) in [6.07, 6.45) is 0.840. The second-order valence-electron chi connectivity index (χ2n) is 7.94. The average Bonchev–Trinajstić information content (AvgIpc) is 2.87. The van der Waals surface area contributed by atoms with Crippen LogP contribution in [0.2, 0.25) is 0 Å². The average molecular weight is 364 g/mol. The van der Waals surface area contributed by atoms with Crippen LogP contribution in [0.15, 0.2) is 60.1 Å². The minimum atomic E-state index is -0.364. The summed E-state index contributed by atoms with van der Waals surface area (Å²) in [5.41, 5.74) is 3.90. The van der Waals surface area contributed by atoms with E-state index in [1.54, 1.807) is 7.11 Å². The molecule has 1 aliphatic rings. The third-order valence-electron chi connectivity index (χ3n) is 5.68. The van der Waals surface area contributed by atoms with Crippen LogP contribution in [0.5, 0.6) is 5.75 Å². The number of hydrogen-bond acceptors (Lipinski definition) is 3. The molecule has 1 saturated heterocycles. The summed E-state index contributed by atoms with van der Waals surface area (Å²) in [7, 11) is 1.32. The normalized spacial score (nSPS) is 19.0. The van der Waals surface area contributed by atoms with Gasteiger partial charge in [-0.15, -0.1) is 0 Å². The summed E-state index contributed by atoms with van der Waals surface area (Å²) in [5, 5.41) is 0. The predicted molar refractivity (Wildman–Crippen MR) is 112 cm³/mol. The van der Waals surface area contributed by atoms with Gasteiger partial charge in [0.15, 0.2) is 0 Å². The minimum Gasteiger partial charge on any atom is -0.497 e. The lowest BCUT2D eigenvalue weighted by atomic mass is 9.71. The first-order chi connectivity index (χ1) is 12.8. The summed E-state index contributed by atoms with van der Waals surface area (Å²) >= 11 is 0. The van der Waals surface area contributed by atoms with E-state index < -0.39 is 0 Å². The van der Waals surface area contributed by atoms with Crippen LogP contribution in [0.1, 0.15) is 52.2 Å². The predicted octanol–water partition coefficient (Wildman–Crippen LogP) is 5.54. The van der Waals surface area contributed by atoms with E-state index in [1.807, 2.05) is 18.2 Å². The molecule has 0 radical (unpaired) electrons. The Balaban J connectivity index is 2.15. The molecule has 142 valence electrons. The maximum Gasteiger partial charge on any atom is 0.491 e. The second kappa shape index (κ2) is 7.53. The van der Waals surface area contributed by atoms with E-state index in [2.05, 4.69) is 71.0 Å². The number of benzene rings is 2. The fourth-order valence-corrected chi connectivity index (χ4v) is 3.35. The third kappa shape index (κ3) is 3.83. The zero-order chi connectivity index (χ0) is 19.7. The molecule has 27 heavy (non-hydrogen) atoms. The van der Waals surface area contributed by atoms with Gasteiger partial charge < -0.3 is 14.0 Å². The molecule has 0 unspecified atom stereocenters. The first kappa shape index (κ1) is 19.7. The van der Waals surface area contributed by atoms with Crippen LogP contribution in [-0.4, -0.2) is 25.4 Å². The second-order valence-corrected chi connectivity index (χ2v) is 7.94. The molecule has 0 saturated carbocycles. The van der Waals surface area contributed by atoms with Crippen LogP contribution in [0, 0.1) is 0 Å². The van der Waals surface area contributed by atoms with Gasteiger partial charge in [-0.3, -0.25) is 0 Å². The topological polar surface area (TPSA) is 27.7 Å². The van der Waals surface area contributed by atoms with Gasteiger partial charge in [0, 0.05) is 0 Å². The molecule has 3 rings (SSSR count). The van der Waals surface area contributed by atoms with Crippen LogP contribution in [0.25, 0.3) is 5.57 Å². The van der Waals surface area contributed by atoms with Crippen molar-refractivity contribution in [3.63, 3.8) is 0 Å². The lowest BCUT2D eigenvalue weighted by molar-refractivity contribution is 0.00578. The molecule has 0 spiro atoms. The van der Waals surface area contributed by atoms with Gasteiger partial charge in [0.05, 0.1) is 18.3 Å². The SMILES string of the molecule is CC/C(B1OC(C)(C)C(C)(C)O1)=C(/c1ccccc1)c1ccc(OC)cc1. The van der Waals surface area contributed by atoms with Crippen molar-refractivity contribution in [2.45, 2.75) is 52.2 Å². The van der Waals surface area contributed by atoms with E-state index in [4.69, 9.17) is 14.0 Å². The Hall–Kier alpha value is -2.04. The highest BCUT2D eigenvalue weighted by Gasteiger charge is 2.52. The Kier molecular flexibility index (Phi) is 5.50. The van der Waals surface area contributed by atoms with Gasteiger partial charge in [0.2, 0.25) is 0 Å². The van der Waals surface area contributed by atoms with E-state index >= 15 is 0 Å². The summed E-state index contributed by atoms with van der Waals surface area (Å²) in [6.45, 7) is 10.5. The quantitative estimate of drug-likeness (QED) is 0.652. The number of allylic oxidation sites excluding steroid dienone is 1. The first-order valence-electron chi connectivity index (χ1n) is 9.57. The molecule has 0 atom stereocenters. The van der Waals surface area contributed by atoms with Crippen molar-refractivity contribution in [3.05, 3.63) is 71.2 Å². The summed E-state index contributed by atoms with van der Waals surface area (Å²) in [6, 6.07) is 18.6. The zero-order valence-corrected chi connectivity index (χ0v) is 17.2. The summed E-state index contributed by atoms with van der Waals surface area (Å²) < 4.78 is 18.1. The third-order valence-corrected chi connectivity index (χ3v) is 5.68. The van der Waals surface area contributed by atoms with Gasteiger partial charge in [0.25, 0.3) is 0 Å². The molecule has 0 aliphatic carbocycles. The van der Waals surface area contributed by atoms with Crippen LogP contribution >= 0.6 is 0 Å². The number of ether oxygens (including phenoxy) is 1. The molecule has 2 aromatic rings. The summed E-state index contributed by atoms with van der Waals surface area (Å²) in [4.78, 5) is 0. The molecule has 2 aromatic carbocycles. The fraction of sp³-hybridized carbons (Fsp3) is 0.391. The number of hydrogen-bond donors (Lipinski definition) is 0. The molecule has 0 N–H and O–H groups in total. The Morgan fingerprint density at radius 2 is 1.37 bits per heavy atom. The van der Waals surface area contributed by atoms with Crippen molar-refractivity contribution in [1.82, 2.24) is 0 Å². The molecule has 0 amide bonds. The minimum absolute atomic E-state index is 0.361. The first-order valence-corrected chi connectivity index (χ1v) is 9.57. The van der Waals surface area contributed by atoms with Gasteiger partial charge in [-0.05, 0) is 68.4 Å². The van der Waals surface area contributed by atoms with E-state index in [9.17, 15) is 0 Å². The monoisotopic (exact) mass is 364 g/mol. The molecule has 1 fully saturated rings. The van der Waals surface area contributed by atoms with Crippen molar-refractivity contribution < 1.29 is 14.0 Å². The molecule has 0 bridgehead atoms. The molecule has 0 aromatic heterocycles. The van der Waals surface area contributed by atoms with Crippen LogP contribution in [0.4, 0.5) is 0 Å². The highest BCUT2D eigenvalue weighted by atomic mass is 16.7. The Morgan fingerprint density at radius 1 is 0.852 bits per heavy atom. The standard InChI is InChI=1S/C23H29BO3/c1-7-20(24-26-22(2,3)23(4,5)27-24)21(17-11-9-8-10-12-17)18-13-15-19(25-6)16-14-18/h8-16H,7H2,1-6H3/b21-20+.